The third kappa shape index (κ3) is 2.24. The number of benzene rings is 1. The molecule has 1 aliphatic rings. The maximum Gasteiger partial charge on any atom is 0.0708 e. The summed E-state index contributed by atoms with van der Waals surface area (Å²) in [4.78, 5) is 7.16. The number of nitrogens with zero attached hydrogens (tertiary/aromatic N) is 2. The van der Waals surface area contributed by atoms with Gasteiger partial charge in [0.25, 0.3) is 0 Å². The number of pyridine rings is 1. The number of aromatic nitrogens is 1. The first kappa shape index (κ1) is 11.6. The standard InChI is InChI=1S/C15H19N3/c1-11-3-4-12-5-6-13(17-14(12)9-11)15-10-18(2)8-7-16-15/h3-6,9,15-16H,7-8,10H2,1-2H3. The zero-order valence-electron chi connectivity index (χ0n) is 11.0. The average molecular weight is 241 g/mol. The molecule has 1 saturated heterocycles. The maximum absolute atomic E-state index is 4.80. The molecule has 3 heteroatoms. The highest BCUT2D eigenvalue weighted by molar-refractivity contribution is 5.79. The zero-order chi connectivity index (χ0) is 12.5. The van der Waals surface area contributed by atoms with Crippen LogP contribution in [0, 0.1) is 6.92 Å². The molecule has 0 aliphatic carbocycles. The lowest BCUT2D eigenvalue weighted by Crippen LogP contribution is -2.43. The van der Waals surface area contributed by atoms with Gasteiger partial charge < -0.3 is 10.2 Å². The van der Waals surface area contributed by atoms with Crippen molar-refractivity contribution in [2.45, 2.75) is 13.0 Å². The number of hydrogen-bond donors (Lipinski definition) is 1. The number of piperazine rings is 1. The quantitative estimate of drug-likeness (QED) is 0.829. The van der Waals surface area contributed by atoms with Crippen LogP contribution in [0.4, 0.5) is 0 Å². The lowest BCUT2D eigenvalue weighted by molar-refractivity contribution is 0.238. The van der Waals surface area contributed by atoms with Gasteiger partial charge in [-0.05, 0) is 31.7 Å². The third-order valence-electron chi connectivity index (χ3n) is 3.60. The first-order valence-electron chi connectivity index (χ1n) is 6.51. The molecule has 2 aromatic rings. The van der Waals surface area contributed by atoms with Gasteiger partial charge in [0.15, 0.2) is 0 Å². The Morgan fingerprint density at radius 2 is 2.11 bits per heavy atom. The highest BCUT2D eigenvalue weighted by Gasteiger charge is 2.19. The van der Waals surface area contributed by atoms with E-state index in [9.17, 15) is 0 Å². The summed E-state index contributed by atoms with van der Waals surface area (Å²) in [6, 6.07) is 11.1. The van der Waals surface area contributed by atoms with Gasteiger partial charge in [0.1, 0.15) is 0 Å². The van der Waals surface area contributed by atoms with Crippen molar-refractivity contribution >= 4 is 10.9 Å². The molecule has 3 rings (SSSR count). The largest absolute Gasteiger partial charge is 0.306 e. The van der Waals surface area contributed by atoms with E-state index in [0.29, 0.717) is 6.04 Å². The van der Waals surface area contributed by atoms with E-state index in [0.717, 1.165) is 30.8 Å². The normalized spacial score (nSPS) is 21.3. The molecule has 0 spiro atoms. The van der Waals surface area contributed by atoms with Crippen molar-refractivity contribution in [3.05, 3.63) is 41.6 Å². The molecule has 1 aliphatic heterocycles. The van der Waals surface area contributed by atoms with Gasteiger partial charge >= 0.3 is 0 Å². The van der Waals surface area contributed by atoms with Crippen LogP contribution >= 0.6 is 0 Å². The lowest BCUT2D eigenvalue weighted by Gasteiger charge is -2.30. The molecular formula is C15H19N3. The van der Waals surface area contributed by atoms with Gasteiger partial charge in [0.2, 0.25) is 0 Å². The van der Waals surface area contributed by atoms with E-state index in [1.54, 1.807) is 0 Å². The molecule has 2 heterocycles. The Kier molecular flexibility index (Phi) is 3.02. The average Bonchev–Trinajstić information content (AvgIpc) is 2.38. The molecule has 0 saturated carbocycles. The van der Waals surface area contributed by atoms with Crippen LogP contribution in [0.3, 0.4) is 0 Å². The molecule has 3 nitrogen and oxygen atoms in total. The van der Waals surface area contributed by atoms with E-state index in [1.165, 1.54) is 10.9 Å². The Balaban J connectivity index is 1.96. The molecule has 1 fully saturated rings. The predicted octanol–water partition coefficient (Wildman–Crippen LogP) is 2.12. The predicted molar refractivity (Wildman–Crippen MR) is 74.7 cm³/mol. The molecule has 1 N–H and O–H groups in total. The SMILES string of the molecule is Cc1ccc2ccc(C3CN(C)CCN3)nc2c1. The molecule has 1 aromatic carbocycles. The topological polar surface area (TPSA) is 28.2 Å². The minimum absolute atomic E-state index is 0.355. The van der Waals surface area contributed by atoms with Gasteiger partial charge in [0.05, 0.1) is 17.3 Å². The molecule has 1 aromatic heterocycles. The molecule has 94 valence electrons. The second-order valence-electron chi connectivity index (χ2n) is 5.20. The van der Waals surface area contributed by atoms with Gasteiger partial charge in [-0.3, -0.25) is 4.98 Å². The van der Waals surface area contributed by atoms with Crippen LogP contribution in [0.15, 0.2) is 30.3 Å². The lowest BCUT2D eigenvalue weighted by atomic mass is 10.1. The van der Waals surface area contributed by atoms with Crippen molar-refractivity contribution in [1.29, 1.82) is 0 Å². The summed E-state index contributed by atoms with van der Waals surface area (Å²) in [7, 11) is 2.17. The summed E-state index contributed by atoms with van der Waals surface area (Å²) in [6.45, 7) is 5.29. The number of likely N-dealkylation sites (N-methyl/N-ethyl adjacent to an activating group) is 1. The highest BCUT2D eigenvalue weighted by Crippen LogP contribution is 2.19. The van der Waals surface area contributed by atoms with Gasteiger partial charge in [-0.25, -0.2) is 0 Å². The Morgan fingerprint density at radius 1 is 1.28 bits per heavy atom. The fourth-order valence-corrected chi connectivity index (χ4v) is 2.53. The Morgan fingerprint density at radius 3 is 2.94 bits per heavy atom. The Labute approximate surface area is 108 Å². The smallest absolute Gasteiger partial charge is 0.0708 e. The second kappa shape index (κ2) is 4.67. The van der Waals surface area contributed by atoms with Gasteiger partial charge in [-0.2, -0.15) is 0 Å². The Hall–Kier alpha value is -1.45. The van der Waals surface area contributed by atoms with Crippen LogP contribution in [0.1, 0.15) is 17.3 Å². The van der Waals surface area contributed by atoms with Crippen molar-refractivity contribution in [3.63, 3.8) is 0 Å². The molecule has 0 radical (unpaired) electrons. The van der Waals surface area contributed by atoms with E-state index < -0.39 is 0 Å². The first-order valence-corrected chi connectivity index (χ1v) is 6.51. The van der Waals surface area contributed by atoms with E-state index in [2.05, 4.69) is 54.5 Å². The zero-order valence-corrected chi connectivity index (χ0v) is 11.0. The van der Waals surface area contributed by atoms with Crippen LogP contribution in [0.2, 0.25) is 0 Å². The molecule has 18 heavy (non-hydrogen) atoms. The van der Waals surface area contributed by atoms with E-state index in [-0.39, 0.29) is 0 Å². The van der Waals surface area contributed by atoms with E-state index in [4.69, 9.17) is 4.98 Å². The third-order valence-corrected chi connectivity index (χ3v) is 3.60. The van der Waals surface area contributed by atoms with Crippen LogP contribution in [0.25, 0.3) is 10.9 Å². The number of aryl methyl sites for hydroxylation is 1. The first-order chi connectivity index (χ1) is 8.72. The number of nitrogens with one attached hydrogen (secondary N) is 1. The summed E-state index contributed by atoms with van der Waals surface area (Å²) in [5, 5.41) is 4.76. The highest BCUT2D eigenvalue weighted by atomic mass is 15.2. The van der Waals surface area contributed by atoms with Crippen molar-refractivity contribution < 1.29 is 0 Å². The molecule has 0 bridgehead atoms. The fraction of sp³-hybridized carbons (Fsp3) is 0.400. The van der Waals surface area contributed by atoms with Crippen molar-refractivity contribution in [1.82, 2.24) is 15.2 Å². The fourth-order valence-electron chi connectivity index (χ4n) is 2.53. The summed E-state index contributed by atoms with van der Waals surface area (Å²) in [6.07, 6.45) is 0. The monoisotopic (exact) mass is 241 g/mol. The number of hydrogen-bond acceptors (Lipinski definition) is 3. The van der Waals surface area contributed by atoms with Crippen molar-refractivity contribution in [2.75, 3.05) is 26.7 Å². The molecule has 1 unspecified atom stereocenters. The van der Waals surface area contributed by atoms with Gasteiger partial charge in [-0.15, -0.1) is 0 Å². The summed E-state index contributed by atoms with van der Waals surface area (Å²) in [5.74, 6) is 0. The van der Waals surface area contributed by atoms with Crippen LogP contribution < -0.4 is 5.32 Å². The summed E-state index contributed by atoms with van der Waals surface area (Å²) < 4.78 is 0. The maximum atomic E-state index is 4.80. The molecular weight excluding hydrogens is 222 g/mol. The van der Waals surface area contributed by atoms with E-state index >= 15 is 0 Å². The van der Waals surface area contributed by atoms with Crippen LogP contribution in [-0.2, 0) is 0 Å². The Bertz CT molecular complexity index is 565. The minimum atomic E-state index is 0.355. The van der Waals surface area contributed by atoms with Crippen LogP contribution in [-0.4, -0.2) is 36.6 Å². The van der Waals surface area contributed by atoms with Gasteiger partial charge in [-0.1, -0.05) is 18.2 Å². The molecule has 0 amide bonds. The summed E-state index contributed by atoms with van der Waals surface area (Å²) >= 11 is 0. The second-order valence-corrected chi connectivity index (χ2v) is 5.20. The van der Waals surface area contributed by atoms with Crippen molar-refractivity contribution in [3.8, 4) is 0 Å². The summed E-state index contributed by atoms with van der Waals surface area (Å²) in [5.41, 5.74) is 3.52. The number of fused-ring (bicyclic) bond motifs is 1. The van der Waals surface area contributed by atoms with Gasteiger partial charge in [0, 0.05) is 25.0 Å². The minimum Gasteiger partial charge on any atom is -0.306 e. The van der Waals surface area contributed by atoms with E-state index in [1.807, 2.05) is 0 Å². The number of rotatable bonds is 1. The van der Waals surface area contributed by atoms with Crippen molar-refractivity contribution in [2.24, 2.45) is 0 Å². The van der Waals surface area contributed by atoms with Crippen LogP contribution in [0.5, 0.6) is 0 Å². The molecule has 1 atom stereocenters.